The van der Waals surface area contributed by atoms with E-state index in [1.54, 1.807) is 0 Å². The minimum absolute atomic E-state index is 0.155. The van der Waals surface area contributed by atoms with Gasteiger partial charge in [0.2, 0.25) is 5.88 Å². The van der Waals surface area contributed by atoms with Gasteiger partial charge in [-0.1, -0.05) is 6.92 Å². The van der Waals surface area contributed by atoms with Gasteiger partial charge in [-0.05, 0) is 6.42 Å². The van der Waals surface area contributed by atoms with Crippen molar-refractivity contribution in [3.05, 3.63) is 12.4 Å². The Labute approximate surface area is 109 Å². The van der Waals surface area contributed by atoms with Gasteiger partial charge in [0.1, 0.15) is 11.9 Å². The fraction of sp³-hybridized carbons (Fsp3) is 0.455. The van der Waals surface area contributed by atoms with Gasteiger partial charge in [-0.3, -0.25) is 9.78 Å². The predicted octanol–water partition coefficient (Wildman–Crippen LogP) is 0.605. The molecule has 0 aromatic carbocycles. The zero-order chi connectivity index (χ0) is 14.3. The Bertz CT molecular complexity index is 452. The first-order valence-corrected chi connectivity index (χ1v) is 5.69. The lowest BCUT2D eigenvalue weighted by atomic mass is 10.2. The Hall–Kier alpha value is -2.38. The number of carboxylic acids is 2. The summed E-state index contributed by atoms with van der Waals surface area (Å²) in [6, 6.07) is -1.27. The highest BCUT2D eigenvalue weighted by Crippen LogP contribution is 2.11. The van der Waals surface area contributed by atoms with E-state index in [1.807, 2.05) is 6.92 Å². The van der Waals surface area contributed by atoms with E-state index in [0.29, 0.717) is 6.61 Å². The van der Waals surface area contributed by atoms with Gasteiger partial charge in [-0.15, -0.1) is 0 Å². The van der Waals surface area contributed by atoms with Crippen molar-refractivity contribution in [2.45, 2.75) is 25.8 Å². The predicted molar refractivity (Wildman–Crippen MR) is 65.1 cm³/mol. The van der Waals surface area contributed by atoms with E-state index in [-0.39, 0.29) is 11.7 Å². The van der Waals surface area contributed by atoms with Crippen LogP contribution in [0.2, 0.25) is 0 Å². The van der Waals surface area contributed by atoms with E-state index in [1.165, 1.54) is 12.4 Å². The Morgan fingerprint density at radius 2 is 2.16 bits per heavy atom. The number of nitrogens with one attached hydrogen (secondary N) is 1. The summed E-state index contributed by atoms with van der Waals surface area (Å²) in [6.07, 6.45) is 2.94. The number of aromatic nitrogens is 2. The van der Waals surface area contributed by atoms with Gasteiger partial charge < -0.3 is 20.3 Å². The van der Waals surface area contributed by atoms with Crippen LogP contribution in [0.25, 0.3) is 0 Å². The molecule has 0 aliphatic rings. The van der Waals surface area contributed by atoms with Crippen molar-refractivity contribution in [1.82, 2.24) is 9.97 Å². The van der Waals surface area contributed by atoms with Crippen LogP contribution in [0.4, 0.5) is 5.82 Å². The molecule has 1 aromatic rings. The maximum absolute atomic E-state index is 10.9. The first-order valence-electron chi connectivity index (χ1n) is 5.69. The third kappa shape index (κ3) is 5.19. The molecule has 0 bridgehead atoms. The molecule has 8 nitrogen and oxygen atoms in total. The van der Waals surface area contributed by atoms with Gasteiger partial charge in [0, 0.05) is 0 Å². The van der Waals surface area contributed by atoms with Crippen LogP contribution in [0.5, 0.6) is 5.88 Å². The molecule has 1 aromatic heterocycles. The zero-order valence-corrected chi connectivity index (χ0v) is 10.4. The molecule has 104 valence electrons. The van der Waals surface area contributed by atoms with Crippen molar-refractivity contribution in [1.29, 1.82) is 0 Å². The van der Waals surface area contributed by atoms with Crippen LogP contribution < -0.4 is 10.1 Å². The number of anilines is 1. The smallest absolute Gasteiger partial charge is 0.326 e. The molecule has 0 radical (unpaired) electrons. The minimum Gasteiger partial charge on any atom is -0.481 e. The van der Waals surface area contributed by atoms with Crippen molar-refractivity contribution in [2.75, 3.05) is 11.9 Å². The van der Waals surface area contributed by atoms with Gasteiger partial charge in [0.05, 0.1) is 25.4 Å². The van der Waals surface area contributed by atoms with Crippen LogP contribution >= 0.6 is 0 Å². The second-order valence-electron chi connectivity index (χ2n) is 3.72. The maximum atomic E-state index is 10.9. The maximum Gasteiger partial charge on any atom is 0.326 e. The largest absolute Gasteiger partial charge is 0.481 e. The third-order valence-electron chi connectivity index (χ3n) is 2.07. The molecule has 1 rings (SSSR count). The van der Waals surface area contributed by atoms with E-state index in [4.69, 9.17) is 14.9 Å². The summed E-state index contributed by atoms with van der Waals surface area (Å²) in [6.45, 7) is 2.40. The first-order chi connectivity index (χ1) is 9.02. The molecule has 1 heterocycles. The van der Waals surface area contributed by atoms with Gasteiger partial charge in [-0.25, -0.2) is 4.79 Å². The highest BCUT2D eigenvalue weighted by Gasteiger charge is 2.21. The molecular formula is C11H15N3O5. The number of rotatable bonds is 8. The van der Waals surface area contributed by atoms with Crippen molar-refractivity contribution < 1.29 is 24.5 Å². The number of carbonyl (C=O) groups is 2. The zero-order valence-electron chi connectivity index (χ0n) is 10.4. The molecule has 1 unspecified atom stereocenters. The molecule has 0 fully saturated rings. The SMILES string of the molecule is CCCOc1cncc(NC(CC(=O)O)C(=O)O)n1. The fourth-order valence-corrected chi connectivity index (χ4v) is 1.25. The average Bonchev–Trinajstić information content (AvgIpc) is 2.35. The molecule has 0 aliphatic heterocycles. The van der Waals surface area contributed by atoms with E-state index in [9.17, 15) is 9.59 Å². The van der Waals surface area contributed by atoms with E-state index >= 15 is 0 Å². The monoisotopic (exact) mass is 269 g/mol. The summed E-state index contributed by atoms with van der Waals surface area (Å²) >= 11 is 0. The van der Waals surface area contributed by atoms with Gasteiger partial charge in [-0.2, -0.15) is 4.98 Å². The van der Waals surface area contributed by atoms with Crippen LogP contribution in [0.1, 0.15) is 19.8 Å². The molecule has 3 N–H and O–H groups in total. The Kier molecular flexibility index (Phi) is 5.52. The second-order valence-corrected chi connectivity index (χ2v) is 3.72. The lowest BCUT2D eigenvalue weighted by Crippen LogP contribution is -2.32. The number of hydrogen-bond donors (Lipinski definition) is 3. The van der Waals surface area contributed by atoms with Gasteiger partial charge in [0.15, 0.2) is 0 Å². The molecule has 0 amide bonds. The van der Waals surface area contributed by atoms with Crippen molar-refractivity contribution in [2.24, 2.45) is 0 Å². The number of aliphatic carboxylic acids is 2. The summed E-state index contributed by atoms with van der Waals surface area (Å²) in [5, 5.41) is 20.0. The summed E-state index contributed by atoms with van der Waals surface area (Å²) in [5.41, 5.74) is 0. The molecule has 0 saturated heterocycles. The fourth-order valence-electron chi connectivity index (χ4n) is 1.25. The van der Waals surface area contributed by atoms with E-state index in [2.05, 4.69) is 15.3 Å². The normalized spacial score (nSPS) is 11.6. The Balaban J connectivity index is 2.73. The lowest BCUT2D eigenvalue weighted by molar-refractivity contribution is -0.144. The summed E-state index contributed by atoms with van der Waals surface area (Å²) in [7, 11) is 0. The van der Waals surface area contributed by atoms with Crippen molar-refractivity contribution in [3.63, 3.8) is 0 Å². The number of hydrogen-bond acceptors (Lipinski definition) is 6. The number of carboxylic acid groups (broad SMARTS) is 2. The third-order valence-corrected chi connectivity index (χ3v) is 2.07. The minimum atomic E-state index is -1.27. The standard InChI is InChI=1S/C11H15N3O5/c1-2-3-19-9-6-12-5-8(14-9)13-7(11(17)18)4-10(15)16/h5-7H,2-4H2,1H3,(H,13,14)(H,15,16)(H,17,18). The Morgan fingerprint density at radius 3 is 2.74 bits per heavy atom. The van der Waals surface area contributed by atoms with Crippen molar-refractivity contribution in [3.8, 4) is 5.88 Å². The highest BCUT2D eigenvalue weighted by molar-refractivity contribution is 5.83. The molecule has 1 atom stereocenters. The quantitative estimate of drug-likeness (QED) is 0.627. The molecular weight excluding hydrogens is 254 g/mol. The van der Waals surface area contributed by atoms with Crippen LogP contribution in [0.3, 0.4) is 0 Å². The van der Waals surface area contributed by atoms with Crippen LogP contribution in [0.15, 0.2) is 12.4 Å². The highest BCUT2D eigenvalue weighted by atomic mass is 16.5. The number of ether oxygens (including phenoxy) is 1. The molecule has 8 heteroatoms. The first kappa shape index (κ1) is 14.7. The number of nitrogens with zero attached hydrogens (tertiary/aromatic N) is 2. The molecule has 19 heavy (non-hydrogen) atoms. The molecule has 0 spiro atoms. The van der Waals surface area contributed by atoms with Crippen molar-refractivity contribution >= 4 is 17.8 Å². The van der Waals surface area contributed by atoms with Crippen LogP contribution in [0, 0.1) is 0 Å². The van der Waals surface area contributed by atoms with Crippen LogP contribution in [-0.2, 0) is 9.59 Å². The topological polar surface area (TPSA) is 122 Å². The van der Waals surface area contributed by atoms with Gasteiger partial charge in [0.25, 0.3) is 0 Å². The Morgan fingerprint density at radius 1 is 1.42 bits per heavy atom. The average molecular weight is 269 g/mol. The van der Waals surface area contributed by atoms with Gasteiger partial charge >= 0.3 is 11.9 Å². The second kappa shape index (κ2) is 7.14. The molecule has 0 saturated carbocycles. The summed E-state index contributed by atoms with van der Waals surface area (Å²) < 4.78 is 5.24. The molecule has 0 aliphatic carbocycles. The van der Waals surface area contributed by atoms with E-state index < -0.39 is 24.4 Å². The summed E-state index contributed by atoms with van der Waals surface area (Å²) in [5.74, 6) is -2.08. The lowest BCUT2D eigenvalue weighted by Gasteiger charge is -2.13. The van der Waals surface area contributed by atoms with Crippen LogP contribution in [-0.4, -0.2) is 44.8 Å². The van der Waals surface area contributed by atoms with E-state index in [0.717, 1.165) is 6.42 Å². The summed E-state index contributed by atoms with van der Waals surface area (Å²) in [4.78, 5) is 29.3.